The molecule has 0 unspecified atom stereocenters. The van der Waals surface area contributed by atoms with E-state index in [1.54, 1.807) is 4.90 Å². The van der Waals surface area contributed by atoms with E-state index in [9.17, 15) is 14.4 Å². The summed E-state index contributed by atoms with van der Waals surface area (Å²) in [6.45, 7) is 1.59. The summed E-state index contributed by atoms with van der Waals surface area (Å²) in [5.41, 5.74) is 0. The van der Waals surface area contributed by atoms with Gasteiger partial charge in [0.1, 0.15) is 6.04 Å². The zero-order valence-corrected chi connectivity index (χ0v) is 10.8. The highest BCUT2D eigenvalue weighted by atomic mass is 32.2. The Kier molecular flexibility index (Phi) is 4.11. The molecule has 2 saturated heterocycles. The first-order valence-electron chi connectivity index (χ1n) is 6.03. The fraction of sp³-hybridized carbons (Fsp3) is 0.727. The van der Waals surface area contributed by atoms with Crippen molar-refractivity contribution < 1.29 is 19.5 Å². The first-order valence-corrected chi connectivity index (χ1v) is 7.02. The molecular formula is C11H16N2O4S. The number of carboxylic acid groups (broad SMARTS) is 1. The average Bonchev–Trinajstić information content (AvgIpc) is 2.94. The van der Waals surface area contributed by atoms with Crippen LogP contribution in [-0.4, -0.2) is 63.5 Å². The third kappa shape index (κ3) is 2.77. The molecule has 1 atom stereocenters. The summed E-state index contributed by atoms with van der Waals surface area (Å²) in [6, 6.07) is -0.679. The van der Waals surface area contributed by atoms with Crippen LogP contribution in [0.3, 0.4) is 0 Å². The Bertz CT molecular complexity index is 374. The second-order valence-electron chi connectivity index (χ2n) is 4.43. The van der Waals surface area contributed by atoms with Gasteiger partial charge in [-0.25, -0.2) is 4.79 Å². The molecule has 0 aromatic heterocycles. The van der Waals surface area contributed by atoms with Crippen molar-refractivity contribution in [1.29, 1.82) is 0 Å². The van der Waals surface area contributed by atoms with Gasteiger partial charge in [0, 0.05) is 31.8 Å². The summed E-state index contributed by atoms with van der Waals surface area (Å²) in [4.78, 5) is 37.3. The molecule has 2 aliphatic rings. The van der Waals surface area contributed by atoms with Crippen molar-refractivity contribution in [2.24, 2.45) is 0 Å². The van der Waals surface area contributed by atoms with Gasteiger partial charge in [0.25, 0.3) is 5.24 Å². The van der Waals surface area contributed by atoms with Crippen LogP contribution in [0.5, 0.6) is 0 Å². The number of hydrogen-bond acceptors (Lipinski definition) is 4. The SMILES string of the molecule is O=C(O)[C@H]1CCCN1C(=O)CCN1CCSC1=O. The highest BCUT2D eigenvalue weighted by Crippen LogP contribution is 2.20. The molecule has 100 valence electrons. The molecular weight excluding hydrogens is 256 g/mol. The second-order valence-corrected chi connectivity index (χ2v) is 5.48. The number of amides is 2. The van der Waals surface area contributed by atoms with Crippen molar-refractivity contribution in [3.05, 3.63) is 0 Å². The Balaban J connectivity index is 1.84. The summed E-state index contributed by atoms with van der Waals surface area (Å²) in [5, 5.41) is 9.01. The molecule has 0 aromatic rings. The van der Waals surface area contributed by atoms with Gasteiger partial charge in [-0.3, -0.25) is 9.59 Å². The van der Waals surface area contributed by atoms with E-state index in [-0.39, 0.29) is 17.6 Å². The normalized spacial score (nSPS) is 23.8. The lowest BCUT2D eigenvalue weighted by atomic mass is 10.2. The van der Waals surface area contributed by atoms with Crippen LogP contribution in [0.25, 0.3) is 0 Å². The van der Waals surface area contributed by atoms with Gasteiger partial charge in [0.05, 0.1) is 0 Å². The Morgan fingerprint density at radius 1 is 1.39 bits per heavy atom. The van der Waals surface area contributed by atoms with Gasteiger partial charge < -0.3 is 14.9 Å². The number of carbonyl (C=O) groups is 3. The third-order valence-corrected chi connectivity index (χ3v) is 4.19. The van der Waals surface area contributed by atoms with Crippen LogP contribution in [0.1, 0.15) is 19.3 Å². The van der Waals surface area contributed by atoms with Crippen LogP contribution >= 0.6 is 11.8 Å². The Labute approximate surface area is 109 Å². The number of carbonyl (C=O) groups excluding carboxylic acids is 2. The van der Waals surface area contributed by atoms with Crippen molar-refractivity contribution in [2.45, 2.75) is 25.3 Å². The summed E-state index contributed by atoms with van der Waals surface area (Å²) < 4.78 is 0. The minimum absolute atomic E-state index is 0.0130. The standard InChI is InChI=1S/C11H16N2O4S/c14-9(3-5-12-6-7-18-11(12)17)13-4-1-2-8(13)10(15)16/h8H,1-7H2,(H,15,16)/t8-/m1/s1. The van der Waals surface area contributed by atoms with E-state index >= 15 is 0 Å². The van der Waals surface area contributed by atoms with Crippen LogP contribution in [0, 0.1) is 0 Å². The van der Waals surface area contributed by atoms with E-state index in [1.807, 2.05) is 0 Å². The van der Waals surface area contributed by atoms with Gasteiger partial charge in [-0.15, -0.1) is 0 Å². The predicted octanol–water partition coefficient (Wildman–Crippen LogP) is 0.621. The number of nitrogens with zero attached hydrogens (tertiary/aromatic N) is 2. The molecule has 2 amide bonds. The van der Waals surface area contributed by atoms with E-state index < -0.39 is 12.0 Å². The molecule has 0 aliphatic carbocycles. The Morgan fingerprint density at radius 2 is 2.17 bits per heavy atom. The smallest absolute Gasteiger partial charge is 0.326 e. The monoisotopic (exact) mass is 272 g/mol. The van der Waals surface area contributed by atoms with Crippen molar-refractivity contribution >= 4 is 28.9 Å². The number of carboxylic acids is 1. The van der Waals surface area contributed by atoms with E-state index in [1.165, 1.54) is 16.7 Å². The number of likely N-dealkylation sites (tertiary alicyclic amines) is 1. The molecule has 0 saturated carbocycles. The molecule has 1 N–H and O–H groups in total. The van der Waals surface area contributed by atoms with Crippen LogP contribution in [0.4, 0.5) is 4.79 Å². The van der Waals surface area contributed by atoms with Crippen LogP contribution < -0.4 is 0 Å². The summed E-state index contributed by atoms with van der Waals surface area (Å²) in [7, 11) is 0. The lowest BCUT2D eigenvalue weighted by Gasteiger charge is -2.22. The van der Waals surface area contributed by atoms with Crippen molar-refractivity contribution in [3.8, 4) is 0 Å². The van der Waals surface area contributed by atoms with Gasteiger partial charge in [-0.1, -0.05) is 11.8 Å². The maximum atomic E-state index is 11.9. The lowest BCUT2D eigenvalue weighted by Crippen LogP contribution is -2.41. The molecule has 6 nitrogen and oxygen atoms in total. The molecule has 2 fully saturated rings. The van der Waals surface area contributed by atoms with E-state index in [0.717, 1.165) is 12.2 Å². The Hall–Kier alpha value is -1.24. The minimum atomic E-state index is -0.936. The van der Waals surface area contributed by atoms with Crippen molar-refractivity contribution in [1.82, 2.24) is 9.80 Å². The molecule has 0 radical (unpaired) electrons. The second kappa shape index (κ2) is 5.60. The van der Waals surface area contributed by atoms with Gasteiger partial charge >= 0.3 is 5.97 Å². The predicted molar refractivity (Wildman–Crippen MR) is 66.4 cm³/mol. The topological polar surface area (TPSA) is 77.9 Å². The first kappa shape index (κ1) is 13.2. The number of rotatable bonds is 4. The van der Waals surface area contributed by atoms with Crippen LogP contribution in [0.2, 0.25) is 0 Å². The van der Waals surface area contributed by atoms with Gasteiger partial charge in [-0.05, 0) is 12.8 Å². The highest BCUT2D eigenvalue weighted by Gasteiger charge is 2.34. The van der Waals surface area contributed by atoms with E-state index in [2.05, 4.69) is 0 Å². The summed E-state index contributed by atoms with van der Waals surface area (Å²) in [5.74, 6) is -0.327. The van der Waals surface area contributed by atoms with Crippen LogP contribution in [-0.2, 0) is 9.59 Å². The molecule has 0 spiro atoms. The molecule has 2 aliphatic heterocycles. The van der Waals surface area contributed by atoms with Gasteiger partial charge in [0.15, 0.2) is 0 Å². The molecule has 7 heteroatoms. The fourth-order valence-electron chi connectivity index (χ4n) is 2.32. The van der Waals surface area contributed by atoms with Crippen LogP contribution in [0.15, 0.2) is 0 Å². The summed E-state index contributed by atoms with van der Waals surface area (Å²) in [6.07, 6.45) is 1.48. The zero-order valence-electron chi connectivity index (χ0n) is 10.0. The largest absolute Gasteiger partial charge is 0.480 e. The van der Waals surface area contributed by atoms with Gasteiger partial charge in [-0.2, -0.15) is 0 Å². The number of aliphatic carboxylic acids is 1. The van der Waals surface area contributed by atoms with E-state index in [0.29, 0.717) is 26.1 Å². The zero-order chi connectivity index (χ0) is 13.1. The highest BCUT2D eigenvalue weighted by molar-refractivity contribution is 8.13. The molecule has 2 heterocycles. The fourth-order valence-corrected chi connectivity index (χ4v) is 3.18. The van der Waals surface area contributed by atoms with Crippen molar-refractivity contribution in [3.63, 3.8) is 0 Å². The third-order valence-electron chi connectivity index (χ3n) is 3.30. The molecule has 0 aromatic carbocycles. The summed E-state index contributed by atoms with van der Waals surface area (Å²) >= 11 is 1.26. The van der Waals surface area contributed by atoms with E-state index in [4.69, 9.17) is 5.11 Å². The number of thioether (sulfide) groups is 1. The maximum Gasteiger partial charge on any atom is 0.326 e. The lowest BCUT2D eigenvalue weighted by molar-refractivity contribution is -0.148. The maximum absolute atomic E-state index is 11.9. The molecule has 0 bridgehead atoms. The molecule has 18 heavy (non-hydrogen) atoms. The molecule has 2 rings (SSSR count). The quantitative estimate of drug-likeness (QED) is 0.811. The first-order chi connectivity index (χ1) is 8.59. The minimum Gasteiger partial charge on any atom is -0.480 e. The Morgan fingerprint density at radius 3 is 2.78 bits per heavy atom. The average molecular weight is 272 g/mol. The van der Waals surface area contributed by atoms with Gasteiger partial charge in [0.2, 0.25) is 5.91 Å². The number of hydrogen-bond donors (Lipinski definition) is 1. The van der Waals surface area contributed by atoms with Crippen molar-refractivity contribution in [2.75, 3.05) is 25.4 Å².